The van der Waals surface area contributed by atoms with E-state index in [1.54, 1.807) is 12.1 Å². The molecule has 0 saturated carbocycles. The number of rotatable bonds is 8. The van der Waals surface area contributed by atoms with E-state index in [0.29, 0.717) is 18.2 Å². The van der Waals surface area contributed by atoms with Gasteiger partial charge in [0.25, 0.3) is 0 Å². The largest absolute Gasteiger partial charge is 0.462 e. The summed E-state index contributed by atoms with van der Waals surface area (Å²) in [6.07, 6.45) is -5.11. The average molecular weight is 279 g/mol. The van der Waals surface area contributed by atoms with Crippen LogP contribution in [-0.2, 0) is 17.9 Å². The summed E-state index contributed by atoms with van der Waals surface area (Å²) < 4.78 is 46.0. The van der Waals surface area contributed by atoms with Crippen LogP contribution in [0.5, 0.6) is 0 Å². The molecule has 0 aliphatic rings. The van der Waals surface area contributed by atoms with Crippen molar-refractivity contribution < 1.29 is 22.3 Å². The highest BCUT2D eigenvalue weighted by atomic mass is 19.4. The lowest BCUT2D eigenvalue weighted by atomic mass is 10.2. The van der Waals surface area contributed by atoms with Crippen LogP contribution in [0.1, 0.15) is 31.8 Å². The standard InChI is InChI=1S/C13H20F3NO2/c1-10(2)7-17-8-11-3-4-12(19-11)9-18-6-5-13(14,15)16/h3-4,10,17H,5-9H2,1-2H3. The Hall–Kier alpha value is -1.01. The van der Waals surface area contributed by atoms with Crippen LogP contribution < -0.4 is 5.32 Å². The van der Waals surface area contributed by atoms with Crippen LogP contribution in [0.15, 0.2) is 16.5 Å². The molecule has 0 fully saturated rings. The molecule has 1 heterocycles. The molecule has 19 heavy (non-hydrogen) atoms. The minimum atomic E-state index is -4.17. The lowest BCUT2D eigenvalue weighted by Gasteiger charge is -2.06. The SMILES string of the molecule is CC(C)CNCc1ccc(COCCC(F)(F)F)o1. The smallest absolute Gasteiger partial charge is 0.391 e. The van der Waals surface area contributed by atoms with E-state index < -0.39 is 12.6 Å². The van der Waals surface area contributed by atoms with E-state index in [1.807, 2.05) is 0 Å². The van der Waals surface area contributed by atoms with Gasteiger partial charge in [-0.25, -0.2) is 0 Å². The van der Waals surface area contributed by atoms with Crippen molar-refractivity contribution in [2.24, 2.45) is 5.92 Å². The predicted molar refractivity (Wildman–Crippen MR) is 65.6 cm³/mol. The van der Waals surface area contributed by atoms with E-state index in [4.69, 9.17) is 9.15 Å². The zero-order chi connectivity index (χ0) is 14.3. The third-order valence-corrected chi connectivity index (χ3v) is 2.34. The van der Waals surface area contributed by atoms with Crippen molar-refractivity contribution in [3.8, 4) is 0 Å². The molecule has 1 N–H and O–H groups in total. The van der Waals surface area contributed by atoms with Crippen LogP contribution >= 0.6 is 0 Å². The van der Waals surface area contributed by atoms with Crippen molar-refractivity contribution >= 4 is 0 Å². The second kappa shape index (κ2) is 7.55. The Morgan fingerprint density at radius 3 is 2.58 bits per heavy atom. The number of hydrogen-bond donors (Lipinski definition) is 1. The Kier molecular flexibility index (Phi) is 6.37. The summed E-state index contributed by atoms with van der Waals surface area (Å²) in [7, 11) is 0. The summed E-state index contributed by atoms with van der Waals surface area (Å²) in [6, 6.07) is 3.52. The molecule has 1 aromatic rings. The third kappa shape index (κ3) is 7.89. The van der Waals surface area contributed by atoms with Crippen molar-refractivity contribution in [1.29, 1.82) is 0 Å². The number of furan rings is 1. The number of hydrogen-bond acceptors (Lipinski definition) is 3. The minimum absolute atomic E-state index is 0.0697. The molecule has 0 bridgehead atoms. The Morgan fingerprint density at radius 2 is 1.95 bits per heavy atom. The second-order valence-corrected chi connectivity index (χ2v) is 4.81. The summed E-state index contributed by atoms with van der Waals surface area (Å²) >= 11 is 0. The zero-order valence-electron chi connectivity index (χ0n) is 11.2. The van der Waals surface area contributed by atoms with Crippen LogP contribution in [0, 0.1) is 5.92 Å². The monoisotopic (exact) mass is 279 g/mol. The van der Waals surface area contributed by atoms with Crippen molar-refractivity contribution in [3.63, 3.8) is 0 Å². The summed E-state index contributed by atoms with van der Waals surface area (Å²) in [5, 5.41) is 3.22. The number of ether oxygens (including phenoxy) is 1. The molecule has 6 heteroatoms. The summed E-state index contributed by atoms with van der Waals surface area (Å²) in [6.45, 7) is 5.44. The summed E-state index contributed by atoms with van der Waals surface area (Å²) in [4.78, 5) is 0. The molecule has 1 aromatic heterocycles. The maximum atomic E-state index is 11.9. The first-order valence-corrected chi connectivity index (χ1v) is 6.29. The molecule has 0 aliphatic heterocycles. The zero-order valence-corrected chi connectivity index (χ0v) is 11.2. The van der Waals surface area contributed by atoms with E-state index in [2.05, 4.69) is 19.2 Å². The fourth-order valence-corrected chi connectivity index (χ4v) is 1.44. The molecule has 3 nitrogen and oxygen atoms in total. The number of alkyl halides is 3. The van der Waals surface area contributed by atoms with E-state index in [1.165, 1.54) is 0 Å². The van der Waals surface area contributed by atoms with Gasteiger partial charge >= 0.3 is 6.18 Å². The lowest BCUT2D eigenvalue weighted by molar-refractivity contribution is -0.146. The molecule has 0 amide bonds. The van der Waals surface area contributed by atoms with Gasteiger partial charge < -0.3 is 14.5 Å². The fraction of sp³-hybridized carbons (Fsp3) is 0.692. The maximum Gasteiger partial charge on any atom is 0.391 e. The Balaban J connectivity index is 2.19. The van der Waals surface area contributed by atoms with Gasteiger partial charge in [0.05, 0.1) is 19.6 Å². The fourth-order valence-electron chi connectivity index (χ4n) is 1.44. The van der Waals surface area contributed by atoms with Crippen molar-refractivity contribution in [2.75, 3.05) is 13.2 Å². The first-order valence-electron chi connectivity index (χ1n) is 6.29. The Labute approximate surface area is 111 Å². The van der Waals surface area contributed by atoms with Gasteiger partial charge in [-0.15, -0.1) is 0 Å². The van der Waals surface area contributed by atoms with E-state index in [-0.39, 0.29) is 13.2 Å². The Bertz CT molecular complexity index is 361. The third-order valence-electron chi connectivity index (χ3n) is 2.34. The lowest BCUT2D eigenvalue weighted by Crippen LogP contribution is -2.18. The van der Waals surface area contributed by atoms with Crippen LogP contribution in [0.2, 0.25) is 0 Å². The topological polar surface area (TPSA) is 34.4 Å². The molecule has 110 valence electrons. The van der Waals surface area contributed by atoms with Gasteiger partial charge in [0.1, 0.15) is 18.1 Å². The summed E-state index contributed by atoms with van der Waals surface area (Å²) in [5.74, 6) is 1.86. The highest BCUT2D eigenvalue weighted by Crippen LogP contribution is 2.19. The van der Waals surface area contributed by atoms with Crippen LogP contribution in [0.4, 0.5) is 13.2 Å². The minimum Gasteiger partial charge on any atom is -0.462 e. The normalized spacial score (nSPS) is 12.3. The van der Waals surface area contributed by atoms with Crippen molar-refractivity contribution in [1.82, 2.24) is 5.32 Å². The first kappa shape index (κ1) is 16.0. The quantitative estimate of drug-likeness (QED) is 0.740. The highest BCUT2D eigenvalue weighted by molar-refractivity contribution is 5.06. The highest BCUT2D eigenvalue weighted by Gasteiger charge is 2.26. The summed E-state index contributed by atoms with van der Waals surface area (Å²) in [5.41, 5.74) is 0. The molecule has 0 aliphatic carbocycles. The predicted octanol–water partition coefficient (Wildman–Crippen LogP) is 3.49. The van der Waals surface area contributed by atoms with Gasteiger partial charge in [-0.2, -0.15) is 13.2 Å². The van der Waals surface area contributed by atoms with Crippen LogP contribution in [-0.4, -0.2) is 19.3 Å². The molecular formula is C13H20F3NO2. The van der Waals surface area contributed by atoms with Crippen molar-refractivity contribution in [3.05, 3.63) is 23.7 Å². The van der Waals surface area contributed by atoms with E-state index >= 15 is 0 Å². The van der Waals surface area contributed by atoms with Gasteiger partial charge in [0.2, 0.25) is 0 Å². The van der Waals surface area contributed by atoms with Gasteiger partial charge in [0.15, 0.2) is 0 Å². The first-order chi connectivity index (χ1) is 8.87. The molecule has 1 rings (SSSR count). The van der Waals surface area contributed by atoms with E-state index in [9.17, 15) is 13.2 Å². The van der Waals surface area contributed by atoms with Crippen molar-refractivity contribution in [2.45, 2.75) is 39.6 Å². The van der Waals surface area contributed by atoms with Gasteiger partial charge in [-0.1, -0.05) is 13.8 Å². The van der Waals surface area contributed by atoms with E-state index in [0.717, 1.165) is 12.3 Å². The van der Waals surface area contributed by atoms with Crippen LogP contribution in [0.3, 0.4) is 0 Å². The number of nitrogens with one attached hydrogen (secondary N) is 1. The maximum absolute atomic E-state index is 11.9. The second-order valence-electron chi connectivity index (χ2n) is 4.81. The molecule has 0 aromatic carbocycles. The molecule has 0 spiro atoms. The Morgan fingerprint density at radius 1 is 1.26 bits per heavy atom. The van der Waals surface area contributed by atoms with Gasteiger partial charge in [-0.05, 0) is 24.6 Å². The van der Waals surface area contributed by atoms with Crippen LogP contribution in [0.25, 0.3) is 0 Å². The van der Waals surface area contributed by atoms with Gasteiger partial charge in [-0.3, -0.25) is 0 Å². The molecular weight excluding hydrogens is 259 g/mol. The number of halogens is 3. The average Bonchev–Trinajstić information content (AvgIpc) is 2.71. The van der Waals surface area contributed by atoms with Gasteiger partial charge in [0, 0.05) is 0 Å². The molecule has 0 atom stereocenters. The molecule has 0 saturated heterocycles. The molecule has 0 unspecified atom stereocenters. The molecule has 0 radical (unpaired) electrons.